The fourth-order valence-electron chi connectivity index (χ4n) is 3.11. The first kappa shape index (κ1) is 25.2. The van der Waals surface area contributed by atoms with Crippen molar-refractivity contribution in [3.8, 4) is 0 Å². The van der Waals surface area contributed by atoms with Gasteiger partial charge in [0.25, 0.3) is 0 Å². The highest BCUT2D eigenvalue weighted by molar-refractivity contribution is 7.45. The van der Waals surface area contributed by atoms with Crippen molar-refractivity contribution in [1.29, 1.82) is 0 Å². The Morgan fingerprint density at radius 2 is 1.87 bits per heavy atom. The van der Waals surface area contributed by atoms with E-state index in [1.54, 1.807) is 13.8 Å². The minimum absolute atomic E-state index is 0.0799. The van der Waals surface area contributed by atoms with Gasteiger partial charge >= 0.3 is 7.82 Å². The molecule has 0 amide bonds. The number of ether oxygens (including phenoxy) is 1. The van der Waals surface area contributed by atoms with Gasteiger partial charge in [0.2, 0.25) is 11.5 Å². The zero-order chi connectivity index (χ0) is 23.7. The molecule has 15 nitrogen and oxygen atoms in total. The van der Waals surface area contributed by atoms with Gasteiger partial charge in [-0.05, 0) is 5.92 Å². The molecule has 174 valence electrons. The number of ketones is 1. The van der Waals surface area contributed by atoms with Crippen LogP contribution in [0.5, 0.6) is 0 Å². The number of hydrogen-bond donors (Lipinski definition) is 8. The quantitative estimate of drug-likeness (QED) is 0.203. The van der Waals surface area contributed by atoms with Crippen LogP contribution in [0.3, 0.4) is 0 Å². The van der Waals surface area contributed by atoms with Crippen LogP contribution in [0.25, 0.3) is 11.2 Å². The molecule has 10 N–H and O–H groups in total. The van der Waals surface area contributed by atoms with E-state index in [4.69, 9.17) is 35.4 Å². The Labute approximate surface area is 175 Å². The predicted molar refractivity (Wildman–Crippen MR) is 104 cm³/mol. The molecule has 0 spiro atoms. The molecule has 2 aromatic heterocycles. The zero-order valence-electron chi connectivity index (χ0n) is 16.5. The lowest BCUT2D eigenvalue weighted by molar-refractivity contribution is -0.176. The van der Waals surface area contributed by atoms with Crippen LogP contribution in [0, 0.1) is 5.92 Å². The molecule has 1 fully saturated rings. The molecule has 0 saturated carbocycles. The molecule has 3 heterocycles. The summed E-state index contributed by atoms with van der Waals surface area (Å²) in [5.41, 5.74) is 10.0. The van der Waals surface area contributed by atoms with E-state index in [1.165, 1.54) is 17.2 Å². The first-order valence-corrected chi connectivity index (χ1v) is 10.5. The Morgan fingerprint density at radius 3 is 2.35 bits per heavy atom. The molecule has 1 saturated heterocycles. The molecule has 5 atom stereocenters. The number of aliphatic hydroxyl groups is 3. The van der Waals surface area contributed by atoms with E-state index in [2.05, 4.69) is 15.0 Å². The van der Waals surface area contributed by atoms with Gasteiger partial charge in [-0.2, -0.15) is 0 Å². The maximum atomic E-state index is 13.2. The number of phosphoric acid groups is 1. The van der Waals surface area contributed by atoms with Crippen LogP contribution in [0.2, 0.25) is 0 Å². The summed E-state index contributed by atoms with van der Waals surface area (Å²) in [6.07, 6.45) is -2.01. The number of aromatic nitrogens is 4. The van der Waals surface area contributed by atoms with Gasteiger partial charge in [0, 0.05) is 0 Å². The van der Waals surface area contributed by atoms with Crippen LogP contribution in [0.1, 0.15) is 13.8 Å². The zero-order valence-corrected chi connectivity index (χ0v) is 17.4. The molecular weight excluding hydrogens is 439 g/mol. The maximum absolute atomic E-state index is 13.2. The number of nitrogens with zero attached hydrogens (tertiary/aromatic N) is 4. The summed E-state index contributed by atoms with van der Waals surface area (Å²) in [6.45, 7) is 2.88. The van der Waals surface area contributed by atoms with E-state index >= 15 is 0 Å². The molecule has 1 unspecified atom stereocenters. The number of aliphatic hydroxyl groups excluding tert-OH is 3. The maximum Gasteiger partial charge on any atom is 0.466 e. The lowest BCUT2D eigenvalue weighted by Gasteiger charge is -2.34. The van der Waals surface area contributed by atoms with E-state index in [0.717, 1.165) is 0 Å². The number of carbonyl (C=O) groups is 1. The topological polar surface area (TPSA) is 260 Å². The molecular formula is C15H25N6O9P. The fourth-order valence-corrected chi connectivity index (χ4v) is 3.11. The highest BCUT2D eigenvalue weighted by Gasteiger charge is 2.61. The number of nitrogen functional groups attached to an aromatic ring is 1. The average Bonchev–Trinajstić information content (AvgIpc) is 3.21. The standard InChI is InChI=1S/C15H22N6O5.H3O4P/c1-6(2)8(16)11(24)15(12(25)10(23)7(3-22)26-15)21-5-20-9-13(17)18-4-19-14(9)21;1-5(2,3)4/h4-8,10,12,22-23,25H,3,16H2,1-2H3,(H2,17,18,19);(H3,1,2,3,4)/t7-,8?,10-,12-,15-;/m1./s1. The number of hydrogen-bond acceptors (Lipinski definition) is 11. The molecule has 2 aromatic rings. The summed E-state index contributed by atoms with van der Waals surface area (Å²) >= 11 is 0. The Hall–Kier alpha value is -2.07. The van der Waals surface area contributed by atoms with E-state index < -0.39 is 50.3 Å². The van der Waals surface area contributed by atoms with Gasteiger partial charge in [-0.1, -0.05) is 13.8 Å². The van der Waals surface area contributed by atoms with Crippen molar-refractivity contribution in [1.82, 2.24) is 19.5 Å². The van der Waals surface area contributed by atoms with Crippen molar-refractivity contribution in [2.45, 2.75) is 43.9 Å². The number of fused-ring (bicyclic) bond motifs is 1. The van der Waals surface area contributed by atoms with E-state index in [1.807, 2.05) is 0 Å². The monoisotopic (exact) mass is 464 g/mol. The predicted octanol–water partition coefficient (Wildman–Crippen LogP) is -3.20. The smallest absolute Gasteiger partial charge is 0.394 e. The molecule has 0 aromatic carbocycles. The third kappa shape index (κ3) is 4.90. The second-order valence-corrected chi connectivity index (χ2v) is 8.19. The summed E-state index contributed by atoms with van der Waals surface area (Å²) < 4.78 is 15.8. The second-order valence-electron chi connectivity index (χ2n) is 7.16. The SMILES string of the molecule is CC(C)C(N)C(=O)[C@@]1(n2cnc3c(N)ncnc32)O[C@H](CO)[C@@H](O)[C@H]1O.O=P(O)(O)O. The minimum atomic E-state index is -4.64. The van der Waals surface area contributed by atoms with Crippen molar-refractivity contribution >= 4 is 30.6 Å². The Bertz CT molecular complexity index is 973. The van der Waals surface area contributed by atoms with Gasteiger partial charge in [0.15, 0.2) is 11.5 Å². The van der Waals surface area contributed by atoms with Gasteiger partial charge in [0.1, 0.15) is 36.5 Å². The number of carbonyl (C=O) groups excluding carboxylic acids is 1. The number of imidazole rings is 1. The third-order valence-electron chi connectivity index (χ3n) is 4.71. The van der Waals surface area contributed by atoms with Gasteiger partial charge in [-0.25, -0.2) is 19.5 Å². The Kier molecular flexibility index (Phi) is 7.47. The number of nitrogens with two attached hydrogens (primary N) is 2. The van der Waals surface area contributed by atoms with Gasteiger partial charge < -0.3 is 46.2 Å². The highest BCUT2D eigenvalue weighted by atomic mass is 31.2. The van der Waals surface area contributed by atoms with E-state index in [0.29, 0.717) is 0 Å². The fraction of sp³-hybridized carbons (Fsp3) is 0.600. The van der Waals surface area contributed by atoms with Gasteiger partial charge in [0.05, 0.1) is 12.6 Å². The lowest BCUT2D eigenvalue weighted by Crippen LogP contribution is -2.58. The number of anilines is 1. The summed E-state index contributed by atoms with van der Waals surface area (Å²) in [5, 5.41) is 30.5. The van der Waals surface area contributed by atoms with Crippen LogP contribution < -0.4 is 11.5 Å². The van der Waals surface area contributed by atoms with Crippen molar-refractivity contribution in [3.63, 3.8) is 0 Å². The van der Waals surface area contributed by atoms with Crippen molar-refractivity contribution in [2.24, 2.45) is 11.7 Å². The molecule has 3 rings (SSSR count). The molecule has 31 heavy (non-hydrogen) atoms. The van der Waals surface area contributed by atoms with Crippen molar-refractivity contribution in [3.05, 3.63) is 12.7 Å². The van der Waals surface area contributed by atoms with Crippen LogP contribution in [0.4, 0.5) is 5.82 Å². The Balaban J connectivity index is 0.000000614. The summed E-state index contributed by atoms with van der Waals surface area (Å²) in [7, 11) is -4.64. The average molecular weight is 464 g/mol. The molecule has 0 aliphatic carbocycles. The summed E-state index contributed by atoms with van der Waals surface area (Å²) in [6, 6.07) is -1.01. The van der Waals surface area contributed by atoms with Crippen molar-refractivity contribution < 1.29 is 44.1 Å². The molecule has 1 aliphatic heterocycles. The molecule has 0 bridgehead atoms. The van der Waals surface area contributed by atoms with Crippen LogP contribution in [-0.2, 0) is 19.8 Å². The molecule has 16 heteroatoms. The highest BCUT2D eigenvalue weighted by Crippen LogP contribution is 2.39. The largest absolute Gasteiger partial charge is 0.466 e. The van der Waals surface area contributed by atoms with Gasteiger partial charge in [-0.15, -0.1) is 0 Å². The first-order valence-electron chi connectivity index (χ1n) is 8.92. The lowest BCUT2D eigenvalue weighted by atomic mass is 9.89. The Morgan fingerprint density at radius 1 is 1.29 bits per heavy atom. The summed E-state index contributed by atoms with van der Waals surface area (Å²) in [5.74, 6) is -0.863. The molecule has 1 aliphatic rings. The second kappa shape index (κ2) is 9.20. The van der Waals surface area contributed by atoms with E-state index in [9.17, 15) is 20.1 Å². The van der Waals surface area contributed by atoms with Crippen LogP contribution in [0.15, 0.2) is 12.7 Å². The first-order chi connectivity index (χ1) is 14.3. The molecule has 0 radical (unpaired) electrons. The van der Waals surface area contributed by atoms with Gasteiger partial charge in [-0.3, -0.25) is 9.36 Å². The number of Topliss-reactive ketones (excluding diaryl/α,β-unsaturated/α-hetero) is 1. The van der Waals surface area contributed by atoms with Crippen LogP contribution >= 0.6 is 7.82 Å². The number of rotatable bonds is 5. The van der Waals surface area contributed by atoms with E-state index in [-0.39, 0.29) is 22.9 Å². The minimum Gasteiger partial charge on any atom is -0.394 e. The third-order valence-corrected chi connectivity index (χ3v) is 4.71. The van der Waals surface area contributed by atoms with Crippen LogP contribution in [-0.4, -0.2) is 86.3 Å². The normalized spacial score (nSPS) is 27.2. The van der Waals surface area contributed by atoms with Crippen molar-refractivity contribution in [2.75, 3.05) is 12.3 Å². The summed E-state index contributed by atoms with van der Waals surface area (Å²) in [4.78, 5) is 46.8.